The van der Waals surface area contributed by atoms with E-state index in [1.165, 1.54) is 11.1 Å². The van der Waals surface area contributed by atoms with Gasteiger partial charge in [-0.05, 0) is 67.6 Å². The minimum absolute atomic E-state index is 0.327. The van der Waals surface area contributed by atoms with Crippen LogP contribution in [-0.2, 0) is 24.9 Å². The molecule has 0 unspecified atom stereocenters. The van der Waals surface area contributed by atoms with Crippen LogP contribution in [0.2, 0.25) is 0 Å². The number of carboxylic acid groups (broad SMARTS) is 1. The van der Waals surface area contributed by atoms with Crippen LogP contribution in [0.25, 0.3) is 11.0 Å². The Morgan fingerprint density at radius 3 is 2.74 bits per heavy atom. The van der Waals surface area contributed by atoms with Crippen molar-refractivity contribution in [1.29, 1.82) is 0 Å². The van der Waals surface area contributed by atoms with Gasteiger partial charge < -0.3 is 9.84 Å². The quantitative estimate of drug-likeness (QED) is 0.388. The molecular formula is C30H35N5O3. The molecule has 198 valence electrons. The first-order valence-corrected chi connectivity index (χ1v) is 13.0. The number of pyridine rings is 1. The molecule has 0 fully saturated rings. The van der Waals surface area contributed by atoms with Crippen LogP contribution in [0.1, 0.15) is 60.1 Å². The predicted molar refractivity (Wildman–Crippen MR) is 146 cm³/mol. The van der Waals surface area contributed by atoms with Gasteiger partial charge in [0.25, 0.3) is 0 Å². The van der Waals surface area contributed by atoms with Crippen molar-refractivity contribution < 1.29 is 14.6 Å². The van der Waals surface area contributed by atoms with Crippen molar-refractivity contribution in [2.45, 2.75) is 59.2 Å². The number of hydrogen-bond acceptors (Lipinski definition) is 6. The summed E-state index contributed by atoms with van der Waals surface area (Å²) in [4.78, 5) is 19.0. The topological polar surface area (TPSA) is 93.4 Å². The fraction of sp³-hybridized carbons (Fsp3) is 0.400. The van der Waals surface area contributed by atoms with E-state index in [2.05, 4.69) is 59.2 Å². The van der Waals surface area contributed by atoms with E-state index in [-0.39, 0.29) is 11.5 Å². The van der Waals surface area contributed by atoms with Gasteiger partial charge in [-0.3, -0.25) is 14.7 Å². The van der Waals surface area contributed by atoms with Crippen LogP contribution < -0.4 is 4.74 Å². The monoisotopic (exact) mass is 513 g/mol. The number of ether oxygens (including phenoxy) is 1. The summed E-state index contributed by atoms with van der Waals surface area (Å²) in [6, 6.07) is 12.3. The number of aromatic nitrogens is 4. The Kier molecular flexibility index (Phi) is 6.69. The fourth-order valence-corrected chi connectivity index (χ4v) is 5.67. The van der Waals surface area contributed by atoms with Gasteiger partial charge in [-0.15, -0.1) is 5.10 Å². The summed E-state index contributed by atoms with van der Waals surface area (Å²) in [7, 11) is 1.86. The van der Waals surface area contributed by atoms with E-state index in [0.717, 1.165) is 58.7 Å². The average Bonchev–Trinajstić information content (AvgIpc) is 3.17. The molecule has 2 aromatic carbocycles. The van der Waals surface area contributed by atoms with Crippen LogP contribution in [0.15, 0.2) is 48.8 Å². The highest BCUT2D eigenvalue weighted by Crippen LogP contribution is 2.37. The molecule has 2 atom stereocenters. The van der Waals surface area contributed by atoms with Crippen molar-refractivity contribution in [3.05, 3.63) is 82.2 Å². The van der Waals surface area contributed by atoms with Crippen molar-refractivity contribution in [2.75, 3.05) is 6.54 Å². The Morgan fingerprint density at radius 1 is 1.18 bits per heavy atom. The molecule has 8 heteroatoms. The van der Waals surface area contributed by atoms with Crippen molar-refractivity contribution in [3.8, 4) is 5.75 Å². The molecule has 0 aliphatic carbocycles. The largest absolute Gasteiger partial charge is 0.486 e. The lowest BCUT2D eigenvalue weighted by Gasteiger charge is -2.30. The van der Waals surface area contributed by atoms with Crippen LogP contribution in [0.4, 0.5) is 0 Å². The number of carbonyl (C=O) groups is 1. The number of fused-ring (bicyclic) bond motifs is 2. The first-order chi connectivity index (χ1) is 18.0. The molecule has 0 radical (unpaired) electrons. The molecule has 0 spiro atoms. The van der Waals surface area contributed by atoms with Crippen molar-refractivity contribution in [2.24, 2.45) is 13.0 Å². The van der Waals surface area contributed by atoms with E-state index in [9.17, 15) is 9.90 Å². The van der Waals surface area contributed by atoms with Crippen molar-refractivity contribution in [1.82, 2.24) is 24.9 Å². The van der Waals surface area contributed by atoms with E-state index in [4.69, 9.17) is 4.74 Å². The van der Waals surface area contributed by atoms with E-state index in [1.807, 2.05) is 38.4 Å². The lowest BCUT2D eigenvalue weighted by molar-refractivity contribution is -0.141. The molecule has 38 heavy (non-hydrogen) atoms. The second kappa shape index (κ2) is 9.83. The zero-order chi connectivity index (χ0) is 27.2. The molecule has 4 aromatic rings. The van der Waals surface area contributed by atoms with Gasteiger partial charge in [0.1, 0.15) is 16.9 Å². The van der Waals surface area contributed by atoms with Gasteiger partial charge in [-0.2, -0.15) is 0 Å². The van der Waals surface area contributed by atoms with Crippen LogP contribution in [0.5, 0.6) is 5.75 Å². The summed E-state index contributed by atoms with van der Waals surface area (Å²) in [5, 5.41) is 18.6. The Balaban J connectivity index is 1.54. The molecule has 1 aliphatic rings. The summed E-state index contributed by atoms with van der Waals surface area (Å²) in [5.41, 5.74) is 7.70. The third-order valence-electron chi connectivity index (χ3n) is 7.67. The van der Waals surface area contributed by atoms with Gasteiger partial charge in [0.05, 0.1) is 11.4 Å². The molecule has 8 nitrogen and oxygen atoms in total. The van der Waals surface area contributed by atoms with E-state index in [0.29, 0.717) is 0 Å². The molecule has 3 heterocycles. The first-order valence-electron chi connectivity index (χ1n) is 13.0. The molecule has 5 rings (SSSR count). The Morgan fingerprint density at radius 2 is 1.97 bits per heavy atom. The Hall–Kier alpha value is -3.78. The normalized spacial score (nSPS) is 16.9. The maximum atomic E-state index is 12.3. The second-order valence-electron chi connectivity index (χ2n) is 11.1. The highest BCUT2D eigenvalue weighted by Gasteiger charge is 2.31. The van der Waals surface area contributed by atoms with Crippen molar-refractivity contribution >= 4 is 17.0 Å². The summed E-state index contributed by atoms with van der Waals surface area (Å²) >= 11 is 0. The molecule has 0 amide bonds. The first kappa shape index (κ1) is 25.9. The molecule has 2 aromatic heterocycles. The number of carboxylic acids is 1. The molecular weight excluding hydrogens is 478 g/mol. The molecule has 0 bridgehead atoms. The molecule has 1 aliphatic heterocycles. The minimum Gasteiger partial charge on any atom is -0.486 e. The van der Waals surface area contributed by atoms with Gasteiger partial charge >= 0.3 is 5.97 Å². The third-order valence-corrected chi connectivity index (χ3v) is 7.67. The number of nitrogens with zero attached hydrogens (tertiary/aromatic N) is 5. The standard InChI is InChI=1S/C30H35N5O3/c1-18-7-8-21(13-22(18)15-35-16-23-14-31-12-11-26(23)38-30(4,5)17-35)27(20(3)29(36)37)24-9-10-25-28(19(24)2)32-33-34(25)6/h7-14,20,27H,15-17H2,1-6H3,(H,36,37)/t20-,27+/m1/s1. The van der Waals surface area contributed by atoms with Crippen molar-refractivity contribution in [3.63, 3.8) is 0 Å². The molecule has 1 N–H and O–H groups in total. The third kappa shape index (κ3) is 4.88. The lowest BCUT2D eigenvalue weighted by Crippen LogP contribution is -2.40. The zero-order valence-electron chi connectivity index (χ0n) is 22.9. The second-order valence-corrected chi connectivity index (χ2v) is 11.1. The highest BCUT2D eigenvalue weighted by atomic mass is 16.5. The lowest BCUT2D eigenvalue weighted by atomic mass is 9.79. The van der Waals surface area contributed by atoms with Crippen LogP contribution in [-0.4, -0.2) is 48.1 Å². The number of aryl methyl sites for hydroxylation is 3. The zero-order valence-corrected chi connectivity index (χ0v) is 22.9. The fourth-order valence-electron chi connectivity index (χ4n) is 5.67. The van der Waals surface area contributed by atoms with Gasteiger partial charge in [-0.25, -0.2) is 4.68 Å². The highest BCUT2D eigenvalue weighted by molar-refractivity contribution is 5.80. The van der Waals surface area contributed by atoms with Crippen LogP contribution >= 0.6 is 0 Å². The molecule has 0 saturated heterocycles. The number of aliphatic carboxylic acids is 1. The van der Waals surface area contributed by atoms with Crippen LogP contribution in [0.3, 0.4) is 0 Å². The maximum Gasteiger partial charge on any atom is 0.307 e. The van der Waals surface area contributed by atoms with Crippen LogP contribution in [0, 0.1) is 19.8 Å². The SMILES string of the molecule is Cc1ccc([C@@H](c2ccc3c(nnn3C)c2C)[C@@H](C)C(=O)O)cc1CN1Cc2cnccc2OC(C)(C)C1. The summed E-state index contributed by atoms with van der Waals surface area (Å²) < 4.78 is 8.05. The van der Waals surface area contributed by atoms with E-state index < -0.39 is 11.9 Å². The Bertz CT molecular complexity index is 1510. The summed E-state index contributed by atoms with van der Waals surface area (Å²) in [6.07, 6.45) is 3.64. The number of rotatable bonds is 6. The smallest absolute Gasteiger partial charge is 0.307 e. The van der Waals surface area contributed by atoms with E-state index in [1.54, 1.807) is 17.8 Å². The van der Waals surface area contributed by atoms with Gasteiger partial charge in [0.2, 0.25) is 0 Å². The minimum atomic E-state index is -0.828. The summed E-state index contributed by atoms with van der Waals surface area (Å²) in [5.74, 6) is -0.900. The Labute approximate surface area is 223 Å². The number of hydrogen-bond donors (Lipinski definition) is 1. The van der Waals surface area contributed by atoms with E-state index >= 15 is 0 Å². The maximum absolute atomic E-state index is 12.3. The van der Waals surface area contributed by atoms with Gasteiger partial charge in [-0.1, -0.05) is 36.4 Å². The predicted octanol–water partition coefficient (Wildman–Crippen LogP) is 5.01. The summed E-state index contributed by atoms with van der Waals surface area (Å²) in [6.45, 7) is 12.3. The number of benzene rings is 2. The molecule has 0 saturated carbocycles. The average molecular weight is 514 g/mol. The van der Waals surface area contributed by atoms with Gasteiger partial charge in [0.15, 0.2) is 0 Å². The van der Waals surface area contributed by atoms with Gasteiger partial charge in [0, 0.05) is 50.6 Å².